The van der Waals surface area contributed by atoms with E-state index in [1.807, 2.05) is 12.2 Å². The first-order chi connectivity index (χ1) is 14.3. The number of unbranched alkanes of at least 4 members (excludes halogenated alkanes) is 1. The molecule has 2 rings (SSSR count). The van der Waals surface area contributed by atoms with Crippen molar-refractivity contribution in [2.75, 3.05) is 0 Å². The van der Waals surface area contributed by atoms with E-state index >= 15 is 0 Å². The first-order valence-electron chi connectivity index (χ1n) is 11.0. The lowest BCUT2D eigenvalue weighted by Crippen LogP contribution is -2.19. The molecule has 1 aliphatic rings. The fourth-order valence-corrected chi connectivity index (χ4v) is 5.94. The topological polar surface area (TPSA) is 77.8 Å². The SMILES string of the molecule is BC[C@@H]1CC(O)[C@H](C/C=C\CCCC(=O)O)[C@H]1/C=C/[C@@H](O)CCc1cc(Br)c(C)s1. The highest BCUT2D eigenvalue weighted by Gasteiger charge is 2.39. The number of carbonyl (C=O) groups is 1. The number of aryl methyl sites for hydroxylation is 2. The second-order valence-electron chi connectivity index (χ2n) is 8.31. The lowest BCUT2D eigenvalue weighted by molar-refractivity contribution is -0.137. The summed E-state index contributed by atoms with van der Waals surface area (Å²) in [7, 11) is 2.16. The van der Waals surface area contributed by atoms with Crippen molar-refractivity contribution >= 4 is 41.1 Å². The van der Waals surface area contributed by atoms with Crippen LogP contribution in [0.15, 0.2) is 34.8 Å². The maximum atomic E-state index is 10.6. The van der Waals surface area contributed by atoms with Crippen molar-refractivity contribution in [3.05, 3.63) is 44.6 Å². The van der Waals surface area contributed by atoms with Crippen molar-refractivity contribution < 1.29 is 20.1 Å². The number of hydrogen-bond donors (Lipinski definition) is 3. The summed E-state index contributed by atoms with van der Waals surface area (Å²) in [4.78, 5) is 13.1. The number of aliphatic carboxylic acids is 1. The van der Waals surface area contributed by atoms with E-state index in [1.54, 1.807) is 11.3 Å². The number of thiophene rings is 1. The number of aliphatic hydroxyl groups excluding tert-OH is 2. The zero-order chi connectivity index (χ0) is 22.1. The number of carboxylic acid groups (broad SMARTS) is 1. The Morgan fingerprint density at radius 2 is 2.20 bits per heavy atom. The van der Waals surface area contributed by atoms with Gasteiger partial charge in [0, 0.05) is 20.6 Å². The minimum absolute atomic E-state index is 0.157. The summed E-state index contributed by atoms with van der Waals surface area (Å²) in [6.07, 6.45) is 13.1. The average molecular weight is 497 g/mol. The molecule has 1 saturated carbocycles. The Morgan fingerprint density at radius 3 is 2.83 bits per heavy atom. The number of allylic oxidation sites excluding steroid dienone is 3. The molecule has 1 unspecified atom stereocenters. The van der Waals surface area contributed by atoms with Crippen LogP contribution < -0.4 is 0 Å². The highest BCUT2D eigenvalue weighted by molar-refractivity contribution is 9.10. The van der Waals surface area contributed by atoms with Crippen molar-refractivity contribution in [2.45, 2.75) is 70.4 Å². The van der Waals surface area contributed by atoms with Crippen molar-refractivity contribution in [1.82, 2.24) is 0 Å². The van der Waals surface area contributed by atoms with Gasteiger partial charge in [-0.05, 0) is 85.2 Å². The van der Waals surface area contributed by atoms with Crippen LogP contribution in [0.3, 0.4) is 0 Å². The molecule has 0 spiro atoms. The number of rotatable bonds is 12. The quantitative estimate of drug-likeness (QED) is 0.225. The minimum atomic E-state index is -0.758. The Balaban J connectivity index is 1.88. The van der Waals surface area contributed by atoms with Gasteiger partial charge in [0.15, 0.2) is 0 Å². The molecule has 1 heterocycles. The van der Waals surface area contributed by atoms with Crippen molar-refractivity contribution in [3.8, 4) is 0 Å². The van der Waals surface area contributed by atoms with Gasteiger partial charge in [-0.1, -0.05) is 30.6 Å². The molecular formula is C23H34BBrO4S. The van der Waals surface area contributed by atoms with Gasteiger partial charge in [-0.2, -0.15) is 0 Å². The van der Waals surface area contributed by atoms with Gasteiger partial charge >= 0.3 is 5.97 Å². The maximum absolute atomic E-state index is 10.6. The third-order valence-electron chi connectivity index (χ3n) is 6.09. The van der Waals surface area contributed by atoms with Crippen molar-refractivity contribution in [2.24, 2.45) is 17.8 Å². The molecule has 0 radical (unpaired) electrons. The molecule has 1 aromatic rings. The van der Waals surface area contributed by atoms with Gasteiger partial charge in [-0.3, -0.25) is 4.79 Å². The number of aliphatic hydroxyl groups is 2. The first kappa shape index (κ1) is 25.4. The molecule has 7 heteroatoms. The minimum Gasteiger partial charge on any atom is -0.481 e. The Hall–Kier alpha value is -0.885. The molecule has 0 bridgehead atoms. The van der Waals surface area contributed by atoms with Gasteiger partial charge in [0.25, 0.3) is 0 Å². The van der Waals surface area contributed by atoms with Gasteiger partial charge in [-0.25, -0.2) is 0 Å². The average Bonchev–Trinajstić information content (AvgIpc) is 3.19. The van der Waals surface area contributed by atoms with Crippen LogP contribution in [0.4, 0.5) is 0 Å². The molecular weight excluding hydrogens is 463 g/mol. The Labute approximate surface area is 193 Å². The van der Waals surface area contributed by atoms with Gasteiger partial charge in [0.1, 0.15) is 7.85 Å². The lowest BCUT2D eigenvalue weighted by atomic mass is 9.80. The molecule has 5 atom stereocenters. The monoisotopic (exact) mass is 496 g/mol. The van der Waals surface area contributed by atoms with E-state index in [2.05, 4.69) is 48.9 Å². The Kier molecular flexibility index (Phi) is 10.9. The molecule has 30 heavy (non-hydrogen) atoms. The van der Waals surface area contributed by atoms with Gasteiger partial charge in [-0.15, -0.1) is 11.3 Å². The Bertz CT molecular complexity index is 713. The number of carboxylic acids is 1. The van der Waals surface area contributed by atoms with E-state index < -0.39 is 12.1 Å². The predicted octanol–water partition coefficient (Wildman–Crippen LogP) is 4.53. The van der Waals surface area contributed by atoms with E-state index in [9.17, 15) is 15.0 Å². The molecule has 0 amide bonds. The van der Waals surface area contributed by atoms with Crippen LogP contribution in [0, 0.1) is 24.7 Å². The zero-order valence-electron chi connectivity index (χ0n) is 18.0. The van der Waals surface area contributed by atoms with E-state index in [4.69, 9.17) is 5.11 Å². The fraction of sp³-hybridized carbons (Fsp3) is 0.609. The lowest BCUT2D eigenvalue weighted by Gasteiger charge is -2.21. The summed E-state index contributed by atoms with van der Waals surface area (Å²) in [5, 5.41) is 29.7. The van der Waals surface area contributed by atoms with Crippen LogP contribution >= 0.6 is 27.3 Å². The van der Waals surface area contributed by atoms with Gasteiger partial charge < -0.3 is 15.3 Å². The van der Waals surface area contributed by atoms with E-state index in [0.717, 1.165) is 36.5 Å². The van der Waals surface area contributed by atoms with Crippen LogP contribution in [-0.4, -0.2) is 41.3 Å². The zero-order valence-corrected chi connectivity index (χ0v) is 20.4. The molecule has 4 nitrogen and oxygen atoms in total. The molecule has 0 aromatic carbocycles. The van der Waals surface area contributed by atoms with Crippen molar-refractivity contribution in [1.29, 1.82) is 0 Å². The molecule has 3 N–H and O–H groups in total. The summed E-state index contributed by atoms with van der Waals surface area (Å²) >= 11 is 5.31. The number of hydrogen-bond acceptors (Lipinski definition) is 4. The summed E-state index contributed by atoms with van der Waals surface area (Å²) in [5.41, 5.74) is 0. The van der Waals surface area contributed by atoms with E-state index in [1.165, 1.54) is 9.75 Å². The van der Waals surface area contributed by atoms with Crippen LogP contribution in [0.25, 0.3) is 0 Å². The summed E-state index contributed by atoms with van der Waals surface area (Å²) < 4.78 is 1.14. The molecule has 166 valence electrons. The third-order valence-corrected chi connectivity index (χ3v) is 8.28. The standard InChI is InChI=1S/C23H34BBrO4S/c1-15-21(25)13-18(30-15)10-8-17(26)9-11-19-16(14-24)12-22(27)20(19)6-4-2-3-5-7-23(28)29/h2,4,9,11,13,16-17,19-20,22,26-27H,3,5-8,10,12,14,24H2,1H3,(H,28,29)/b4-2-,11-9+/t16-,17-,19-,20+,22?/m0/s1. The number of halogens is 1. The van der Waals surface area contributed by atoms with Gasteiger partial charge in [0.2, 0.25) is 0 Å². The van der Waals surface area contributed by atoms with Crippen LogP contribution in [0.1, 0.15) is 48.3 Å². The summed E-state index contributed by atoms with van der Waals surface area (Å²) in [5.74, 6) is 0.0993. The second-order valence-corrected chi connectivity index (χ2v) is 10.5. The Morgan fingerprint density at radius 1 is 1.43 bits per heavy atom. The van der Waals surface area contributed by atoms with Crippen molar-refractivity contribution in [3.63, 3.8) is 0 Å². The molecule has 1 aliphatic carbocycles. The van der Waals surface area contributed by atoms with Crippen LogP contribution in [0.5, 0.6) is 0 Å². The molecule has 0 saturated heterocycles. The van der Waals surface area contributed by atoms with E-state index in [-0.39, 0.29) is 24.4 Å². The normalized spacial score (nSPS) is 25.5. The van der Waals surface area contributed by atoms with E-state index in [0.29, 0.717) is 18.8 Å². The predicted molar refractivity (Wildman–Crippen MR) is 130 cm³/mol. The third kappa shape index (κ3) is 7.99. The van der Waals surface area contributed by atoms with Gasteiger partial charge in [0.05, 0.1) is 12.2 Å². The second kappa shape index (κ2) is 12.8. The fourth-order valence-electron chi connectivity index (χ4n) is 4.33. The highest BCUT2D eigenvalue weighted by atomic mass is 79.9. The largest absolute Gasteiger partial charge is 0.481 e. The molecule has 1 aromatic heterocycles. The smallest absolute Gasteiger partial charge is 0.303 e. The molecule has 1 fully saturated rings. The van der Waals surface area contributed by atoms with Crippen LogP contribution in [0.2, 0.25) is 6.32 Å². The highest BCUT2D eigenvalue weighted by Crippen LogP contribution is 2.42. The first-order valence-corrected chi connectivity index (χ1v) is 12.6. The summed E-state index contributed by atoms with van der Waals surface area (Å²) in [6.45, 7) is 2.09. The summed E-state index contributed by atoms with van der Waals surface area (Å²) in [6, 6.07) is 2.13. The maximum Gasteiger partial charge on any atom is 0.303 e. The molecule has 0 aliphatic heterocycles. The van der Waals surface area contributed by atoms with Crippen LogP contribution in [-0.2, 0) is 11.2 Å².